The molecule has 1 atom stereocenters. The van der Waals surface area contributed by atoms with Gasteiger partial charge in [-0.2, -0.15) is 0 Å². The summed E-state index contributed by atoms with van der Waals surface area (Å²) in [5.74, 6) is -0.345. The van der Waals surface area contributed by atoms with Gasteiger partial charge in [0, 0.05) is 43.1 Å². The highest BCUT2D eigenvalue weighted by Crippen LogP contribution is 2.29. The van der Waals surface area contributed by atoms with Gasteiger partial charge in [-0.05, 0) is 62.7 Å². The molecule has 1 unspecified atom stereocenters. The van der Waals surface area contributed by atoms with Crippen molar-refractivity contribution in [2.24, 2.45) is 0 Å². The van der Waals surface area contributed by atoms with E-state index in [9.17, 15) is 14.9 Å². The number of nitrogens with one attached hydrogen (secondary N) is 2. The van der Waals surface area contributed by atoms with E-state index in [1.807, 2.05) is 50.2 Å². The third kappa shape index (κ3) is 6.29. The van der Waals surface area contributed by atoms with Gasteiger partial charge < -0.3 is 15.5 Å². The molecular formula is C25H29N5O3. The fraction of sp³-hybridized carbons (Fsp3) is 0.280. The SMILES string of the molecule is CCN(CCNC(=O)c1ccc(NC(C)c2ccccn2)c([N+](=O)[O-])c1)c1cccc(C)c1. The van der Waals surface area contributed by atoms with Crippen LogP contribution in [0.2, 0.25) is 0 Å². The van der Waals surface area contributed by atoms with Gasteiger partial charge in [-0.1, -0.05) is 18.2 Å². The van der Waals surface area contributed by atoms with E-state index >= 15 is 0 Å². The number of nitro benzene ring substituents is 1. The minimum Gasteiger partial charge on any atom is -0.371 e. The van der Waals surface area contributed by atoms with Crippen LogP contribution >= 0.6 is 0 Å². The lowest BCUT2D eigenvalue weighted by Gasteiger charge is -2.23. The van der Waals surface area contributed by atoms with Crippen molar-refractivity contribution < 1.29 is 9.72 Å². The van der Waals surface area contributed by atoms with Gasteiger partial charge in [0.05, 0.1) is 16.7 Å². The molecule has 0 fully saturated rings. The topological polar surface area (TPSA) is 100 Å². The number of aryl methyl sites for hydroxylation is 1. The number of pyridine rings is 1. The molecule has 0 spiro atoms. The predicted molar refractivity (Wildman–Crippen MR) is 131 cm³/mol. The second kappa shape index (κ2) is 11.1. The van der Waals surface area contributed by atoms with E-state index in [4.69, 9.17) is 0 Å². The second-order valence-corrected chi connectivity index (χ2v) is 7.78. The van der Waals surface area contributed by atoms with Crippen molar-refractivity contribution in [3.8, 4) is 0 Å². The summed E-state index contributed by atoms with van der Waals surface area (Å²) in [6, 6.07) is 18.0. The number of nitrogens with zero attached hydrogens (tertiary/aromatic N) is 3. The number of anilines is 2. The van der Waals surface area contributed by atoms with Crippen LogP contribution in [0, 0.1) is 17.0 Å². The zero-order chi connectivity index (χ0) is 23.8. The molecule has 1 heterocycles. The van der Waals surface area contributed by atoms with Gasteiger partial charge in [0.2, 0.25) is 0 Å². The summed E-state index contributed by atoms with van der Waals surface area (Å²) in [6.07, 6.45) is 1.67. The number of carbonyl (C=O) groups excluding carboxylic acids is 1. The van der Waals surface area contributed by atoms with Crippen molar-refractivity contribution in [2.45, 2.75) is 26.8 Å². The van der Waals surface area contributed by atoms with Crippen LogP contribution < -0.4 is 15.5 Å². The van der Waals surface area contributed by atoms with Crippen molar-refractivity contribution in [1.82, 2.24) is 10.3 Å². The van der Waals surface area contributed by atoms with E-state index in [-0.39, 0.29) is 23.2 Å². The number of rotatable bonds is 10. The quantitative estimate of drug-likeness (QED) is 0.344. The number of nitro groups is 1. The summed E-state index contributed by atoms with van der Waals surface area (Å²) in [5.41, 5.74) is 3.47. The molecule has 1 amide bonds. The second-order valence-electron chi connectivity index (χ2n) is 7.78. The zero-order valence-corrected chi connectivity index (χ0v) is 19.1. The molecule has 2 N–H and O–H groups in total. The number of benzene rings is 2. The van der Waals surface area contributed by atoms with Crippen LogP contribution in [0.4, 0.5) is 17.1 Å². The number of carbonyl (C=O) groups is 1. The Balaban J connectivity index is 1.65. The van der Waals surface area contributed by atoms with E-state index in [0.717, 1.165) is 17.9 Å². The van der Waals surface area contributed by atoms with Crippen molar-refractivity contribution in [2.75, 3.05) is 29.9 Å². The van der Waals surface area contributed by atoms with Crippen molar-refractivity contribution in [3.63, 3.8) is 0 Å². The Kier molecular flexibility index (Phi) is 7.96. The molecule has 0 bridgehead atoms. The maximum absolute atomic E-state index is 12.7. The zero-order valence-electron chi connectivity index (χ0n) is 19.1. The smallest absolute Gasteiger partial charge is 0.293 e. The van der Waals surface area contributed by atoms with E-state index in [1.165, 1.54) is 11.6 Å². The molecule has 3 aromatic rings. The van der Waals surface area contributed by atoms with Crippen LogP contribution in [0.25, 0.3) is 0 Å². The predicted octanol–water partition coefficient (Wildman–Crippen LogP) is 4.73. The lowest BCUT2D eigenvalue weighted by Crippen LogP contribution is -2.35. The van der Waals surface area contributed by atoms with Crippen LogP contribution in [0.3, 0.4) is 0 Å². The Labute approximate surface area is 193 Å². The molecular weight excluding hydrogens is 418 g/mol. The Morgan fingerprint density at radius 3 is 2.64 bits per heavy atom. The van der Waals surface area contributed by atoms with E-state index in [1.54, 1.807) is 18.3 Å². The van der Waals surface area contributed by atoms with Gasteiger partial charge >= 0.3 is 0 Å². The monoisotopic (exact) mass is 447 g/mol. The Morgan fingerprint density at radius 1 is 1.15 bits per heavy atom. The molecule has 0 saturated heterocycles. The van der Waals surface area contributed by atoms with Crippen molar-refractivity contribution in [1.29, 1.82) is 0 Å². The molecule has 0 radical (unpaired) electrons. The number of likely N-dealkylation sites (N-methyl/N-ethyl adjacent to an activating group) is 1. The maximum atomic E-state index is 12.7. The van der Waals surface area contributed by atoms with E-state index in [0.29, 0.717) is 18.8 Å². The average molecular weight is 448 g/mol. The van der Waals surface area contributed by atoms with Crippen LogP contribution in [-0.4, -0.2) is 35.4 Å². The first-order valence-corrected chi connectivity index (χ1v) is 10.9. The lowest BCUT2D eigenvalue weighted by atomic mass is 10.1. The summed E-state index contributed by atoms with van der Waals surface area (Å²) in [6.45, 7) is 7.84. The van der Waals surface area contributed by atoms with Crippen molar-refractivity contribution >= 4 is 23.0 Å². The van der Waals surface area contributed by atoms with Crippen LogP contribution in [0.15, 0.2) is 66.9 Å². The molecule has 8 nitrogen and oxygen atoms in total. The minimum atomic E-state index is -0.485. The molecule has 2 aromatic carbocycles. The molecule has 172 valence electrons. The Hall–Kier alpha value is -3.94. The molecule has 33 heavy (non-hydrogen) atoms. The van der Waals surface area contributed by atoms with Crippen LogP contribution in [0.5, 0.6) is 0 Å². The van der Waals surface area contributed by atoms with Gasteiger partial charge in [-0.3, -0.25) is 19.9 Å². The minimum absolute atomic E-state index is 0.152. The molecule has 0 aliphatic rings. The van der Waals surface area contributed by atoms with E-state index in [2.05, 4.69) is 33.5 Å². The summed E-state index contributed by atoms with van der Waals surface area (Å²) in [4.78, 5) is 30.3. The Bertz CT molecular complexity index is 1100. The molecule has 8 heteroatoms. The molecule has 0 aliphatic heterocycles. The standard InChI is InChI=1S/C25H29N5O3/c1-4-29(21-9-7-8-18(2)16-21)15-14-27-25(31)20-11-12-23(24(17-20)30(32)33)28-19(3)22-10-5-6-13-26-22/h5-13,16-17,19,28H,4,14-15H2,1-3H3,(H,27,31). The first-order chi connectivity index (χ1) is 15.9. The summed E-state index contributed by atoms with van der Waals surface area (Å²) < 4.78 is 0. The average Bonchev–Trinajstić information content (AvgIpc) is 2.82. The van der Waals surface area contributed by atoms with Gasteiger partial charge in [0.15, 0.2) is 0 Å². The molecule has 1 aromatic heterocycles. The fourth-order valence-electron chi connectivity index (χ4n) is 3.59. The van der Waals surface area contributed by atoms with Gasteiger partial charge in [-0.25, -0.2) is 0 Å². The summed E-state index contributed by atoms with van der Waals surface area (Å²) in [5, 5.41) is 17.6. The van der Waals surface area contributed by atoms with Crippen LogP contribution in [0.1, 0.15) is 41.5 Å². The highest BCUT2D eigenvalue weighted by atomic mass is 16.6. The first kappa shape index (κ1) is 23.7. The first-order valence-electron chi connectivity index (χ1n) is 10.9. The van der Waals surface area contributed by atoms with Gasteiger partial charge in [-0.15, -0.1) is 0 Å². The van der Waals surface area contributed by atoms with Crippen molar-refractivity contribution in [3.05, 3.63) is 93.8 Å². The van der Waals surface area contributed by atoms with Gasteiger partial charge in [0.25, 0.3) is 11.6 Å². The number of aromatic nitrogens is 1. The maximum Gasteiger partial charge on any atom is 0.293 e. The fourth-order valence-corrected chi connectivity index (χ4v) is 3.59. The highest BCUT2D eigenvalue weighted by Gasteiger charge is 2.19. The number of hydrogen-bond donors (Lipinski definition) is 2. The summed E-state index contributed by atoms with van der Waals surface area (Å²) >= 11 is 0. The third-order valence-electron chi connectivity index (χ3n) is 5.38. The van der Waals surface area contributed by atoms with E-state index < -0.39 is 4.92 Å². The van der Waals surface area contributed by atoms with Crippen LogP contribution in [-0.2, 0) is 0 Å². The molecule has 0 saturated carbocycles. The normalized spacial score (nSPS) is 11.5. The number of amides is 1. The largest absolute Gasteiger partial charge is 0.371 e. The molecule has 3 rings (SSSR count). The Morgan fingerprint density at radius 2 is 1.97 bits per heavy atom. The number of hydrogen-bond acceptors (Lipinski definition) is 6. The lowest BCUT2D eigenvalue weighted by molar-refractivity contribution is -0.384. The highest BCUT2D eigenvalue weighted by molar-refractivity contribution is 5.95. The van der Waals surface area contributed by atoms with Gasteiger partial charge in [0.1, 0.15) is 5.69 Å². The third-order valence-corrected chi connectivity index (χ3v) is 5.38. The molecule has 0 aliphatic carbocycles. The summed E-state index contributed by atoms with van der Waals surface area (Å²) in [7, 11) is 0.